The minimum Gasteiger partial charge on any atom is -0.395 e. The summed E-state index contributed by atoms with van der Waals surface area (Å²) < 4.78 is 0. The molecule has 1 aliphatic heterocycles. The van der Waals surface area contributed by atoms with Gasteiger partial charge in [-0.1, -0.05) is 0 Å². The Bertz CT molecular complexity index is 211. The molecular formula is C10H20N2O3. The predicted molar refractivity (Wildman–Crippen MR) is 56.1 cm³/mol. The lowest BCUT2D eigenvalue weighted by molar-refractivity contribution is -0.169. The number of hydrogen-bond acceptors (Lipinski definition) is 4. The van der Waals surface area contributed by atoms with Crippen LogP contribution < -0.4 is 0 Å². The fourth-order valence-electron chi connectivity index (χ4n) is 1.89. The molecule has 1 rings (SSSR count). The van der Waals surface area contributed by atoms with Crippen LogP contribution in [0.15, 0.2) is 0 Å². The number of likely N-dealkylation sites (tertiary alicyclic amines) is 1. The first-order valence-corrected chi connectivity index (χ1v) is 5.34. The molecule has 0 aromatic carbocycles. The van der Waals surface area contributed by atoms with Gasteiger partial charge in [-0.15, -0.1) is 0 Å². The molecule has 0 bridgehead atoms. The van der Waals surface area contributed by atoms with E-state index in [2.05, 4.69) is 4.90 Å². The maximum atomic E-state index is 11.4. The first-order valence-electron chi connectivity index (χ1n) is 5.34. The van der Waals surface area contributed by atoms with E-state index in [0.29, 0.717) is 13.0 Å². The fraction of sp³-hybridized carbons (Fsp3) is 0.900. The van der Waals surface area contributed by atoms with Gasteiger partial charge in [-0.3, -0.25) is 14.5 Å². The van der Waals surface area contributed by atoms with Crippen LogP contribution in [0.4, 0.5) is 0 Å². The number of carbonyl (C=O) groups excluding carboxylic acids is 1. The van der Waals surface area contributed by atoms with Crippen LogP contribution in [-0.4, -0.2) is 60.9 Å². The highest BCUT2D eigenvalue weighted by Crippen LogP contribution is 2.16. The zero-order valence-corrected chi connectivity index (χ0v) is 9.48. The molecular weight excluding hydrogens is 196 g/mol. The normalized spacial score (nSPS) is 21.9. The summed E-state index contributed by atoms with van der Waals surface area (Å²) in [6, 6.07) is 0.241. The minimum absolute atomic E-state index is 0.0268. The van der Waals surface area contributed by atoms with Gasteiger partial charge in [0.1, 0.15) is 0 Å². The Balaban J connectivity index is 2.27. The molecule has 0 radical (unpaired) electrons. The van der Waals surface area contributed by atoms with E-state index in [1.165, 1.54) is 12.2 Å². The maximum absolute atomic E-state index is 11.4. The average molecular weight is 216 g/mol. The summed E-state index contributed by atoms with van der Waals surface area (Å²) >= 11 is 0. The zero-order valence-electron chi connectivity index (χ0n) is 9.48. The third kappa shape index (κ3) is 3.44. The zero-order chi connectivity index (χ0) is 11.3. The van der Waals surface area contributed by atoms with E-state index in [1.807, 2.05) is 0 Å². The van der Waals surface area contributed by atoms with Crippen molar-refractivity contribution in [2.75, 3.05) is 33.9 Å². The maximum Gasteiger partial charge on any atom is 0.247 e. The lowest BCUT2D eigenvalue weighted by Gasteiger charge is -2.23. The summed E-state index contributed by atoms with van der Waals surface area (Å²) in [5.74, 6) is -0.0268. The van der Waals surface area contributed by atoms with E-state index < -0.39 is 0 Å². The topological polar surface area (TPSA) is 53.0 Å². The van der Waals surface area contributed by atoms with Crippen molar-refractivity contribution >= 4 is 5.91 Å². The first kappa shape index (κ1) is 12.4. The predicted octanol–water partition coefficient (Wildman–Crippen LogP) is -0.147. The van der Waals surface area contributed by atoms with E-state index >= 15 is 0 Å². The Hall–Kier alpha value is -0.650. The fourth-order valence-corrected chi connectivity index (χ4v) is 1.89. The highest BCUT2D eigenvalue weighted by Gasteiger charge is 2.24. The molecule has 0 unspecified atom stereocenters. The molecule has 1 N–H and O–H groups in total. The Morgan fingerprint density at radius 3 is 3.00 bits per heavy atom. The van der Waals surface area contributed by atoms with Crippen LogP contribution in [0.2, 0.25) is 0 Å². The smallest absolute Gasteiger partial charge is 0.247 e. The molecule has 1 aliphatic rings. The Morgan fingerprint density at radius 2 is 2.40 bits per heavy atom. The van der Waals surface area contributed by atoms with E-state index in [-0.39, 0.29) is 18.6 Å². The number of amides is 1. The van der Waals surface area contributed by atoms with Gasteiger partial charge in [-0.25, -0.2) is 5.06 Å². The number of carbonyl (C=O) groups is 1. The Labute approximate surface area is 90.6 Å². The largest absolute Gasteiger partial charge is 0.395 e. The third-order valence-electron chi connectivity index (χ3n) is 2.95. The molecule has 1 saturated heterocycles. The summed E-state index contributed by atoms with van der Waals surface area (Å²) in [6.07, 6.45) is 2.59. The van der Waals surface area contributed by atoms with E-state index in [1.54, 1.807) is 7.05 Å². The van der Waals surface area contributed by atoms with E-state index in [9.17, 15) is 4.79 Å². The SMILES string of the molecule is CON(C)C(=O)CCN1CCC[C@@H]1CO. The molecule has 15 heavy (non-hydrogen) atoms. The molecule has 0 aliphatic carbocycles. The van der Waals surface area contributed by atoms with E-state index in [0.717, 1.165) is 19.4 Å². The molecule has 0 aromatic heterocycles. The molecule has 0 saturated carbocycles. The van der Waals surface area contributed by atoms with Gasteiger partial charge in [0.25, 0.3) is 0 Å². The van der Waals surface area contributed by atoms with Crippen LogP contribution in [0.5, 0.6) is 0 Å². The highest BCUT2D eigenvalue weighted by atomic mass is 16.7. The summed E-state index contributed by atoms with van der Waals surface area (Å²) in [5, 5.41) is 10.3. The molecule has 5 nitrogen and oxygen atoms in total. The van der Waals surface area contributed by atoms with Crippen molar-refractivity contribution in [1.29, 1.82) is 0 Å². The molecule has 1 atom stereocenters. The van der Waals surface area contributed by atoms with Crippen molar-refractivity contribution in [2.24, 2.45) is 0 Å². The quantitative estimate of drug-likeness (QED) is 0.650. The van der Waals surface area contributed by atoms with Crippen LogP contribution >= 0.6 is 0 Å². The number of hydrogen-bond donors (Lipinski definition) is 1. The number of hydroxylamine groups is 2. The Kier molecular flexibility index (Phi) is 5.01. The second-order valence-corrected chi connectivity index (χ2v) is 3.84. The molecule has 0 spiro atoms. The lowest BCUT2D eigenvalue weighted by atomic mass is 10.2. The first-order chi connectivity index (χ1) is 7.19. The molecule has 1 amide bonds. The second-order valence-electron chi connectivity index (χ2n) is 3.84. The average Bonchev–Trinajstić information content (AvgIpc) is 2.71. The van der Waals surface area contributed by atoms with E-state index in [4.69, 9.17) is 9.94 Å². The van der Waals surface area contributed by atoms with Crippen LogP contribution in [-0.2, 0) is 9.63 Å². The van der Waals surface area contributed by atoms with Gasteiger partial charge in [-0.05, 0) is 19.4 Å². The summed E-state index contributed by atoms with van der Waals surface area (Å²) in [7, 11) is 3.08. The van der Waals surface area contributed by atoms with Gasteiger partial charge in [0.05, 0.1) is 13.7 Å². The van der Waals surface area contributed by atoms with Crippen LogP contribution in [0.1, 0.15) is 19.3 Å². The van der Waals surface area contributed by atoms with Gasteiger partial charge in [-0.2, -0.15) is 0 Å². The van der Waals surface area contributed by atoms with Gasteiger partial charge in [0, 0.05) is 26.1 Å². The standard InChI is InChI=1S/C10H20N2O3/c1-11(15-2)10(14)5-7-12-6-3-4-9(12)8-13/h9,13H,3-8H2,1-2H3/t9-/m1/s1. The molecule has 1 fully saturated rings. The van der Waals surface area contributed by atoms with Crippen molar-refractivity contribution in [3.05, 3.63) is 0 Å². The molecule has 1 heterocycles. The minimum atomic E-state index is -0.0268. The van der Waals surface area contributed by atoms with Crippen molar-refractivity contribution in [3.63, 3.8) is 0 Å². The van der Waals surface area contributed by atoms with Crippen LogP contribution in [0.25, 0.3) is 0 Å². The number of aliphatic hydroxyl groups excluding tert-OH is 1. The third-order valence-corrected chi connectivity index (χ3v) is 2.95. The van der Waals surface area contributed by atoms with Gasteiger partial charge in [0.15, 0.2) is 0 Å². The number of nitrogens with zero attached hydrogens (tertiary/aromatic N) is 2. The number of aliphatic hydroxyl groups is 1. The number of rotatable bonds is 5. The molecule has 5 heteroatoms. The van der Waals surface area contributed by atoms with Gasteiger partial charge in [0.2, 0.25) is 5.91 Å². The summed E-state index contributed by atoms with van der Waals surface area (Å²) in [6.45, 7) is 1.88. The van der Waals surface area contributed by atoms with Crippen LogP contribution in [0.3, 0.4) is 0 Å². The van der Waals surface area contributed by atoms with Crippen LogP contribution in [0, 0.1) is 0 Å². The van der Waals surface area contributed by atoms with Crippen molar-refractivity contribution in [1.82, 2.24) is 9.96 Å². The van der Waals surface area contributed by atoms with Crippen molar-refractivity contribution in [2.45, 2.75) is 25.3 Å². The lowest BCUT2D eigenvalue weighted by Crippen LogP contribution is -2.36. The summed E-state index contributed by atoms with van der Waals surface area (Å²) in [5.41, 5.74) is 0. The Morgan fingerprint density at radius 1 is 1.67 bits per heavy atom. The molecule has 88 valence electrons. The highest BCUT2D eigenvalue weighted by molar-refractivity contribution is 5.74. The van der Waals surface area contributed by atoms with Crippen molar-refractivity contribution in [3.8, 4) is 0 Å². The second kappa shape index (κ2) is 6.05. The van der Waals surface area contributed by atoms with Crippen molar-refractivity contribution < 1.29 is 14.7 Å². The molecule has 0 aromatic rings. The monoisotopic (exact) mass is 216 g/mol. The van der Waals surface area contributed by atoms with Gasteiger partial charge >= 0.3 is 0 Å². The summed E-state index contributed by atoms with van der Waals surface area (Å²) in [4.78, 5) is 18.4. The van der Waals surface area contributed by atoms with Gasteiger partial charge < -0.3 is 5.11 Å².